The van der Waals surface area contributed by atoms with Crippen LogP contribution in [-0.2, 0) is 0 Å². The summed E-state index contributed by atoms with van der Waals surface area (Å²) >= 11 is 0. The minimum Gasteiger partial charge on any atom is -0.103 e. The Morgan fingerprint density at radius 3 is 1.71 bits per heavy atom. The van der Waals surface area contributed by atoms with Crippen LogP contribution in [0.15, 0.2) is 49.6 Å². The molecule has 94 valence electrons. The fraction of sp³-hybridized carbons (Fsp3) is 0.294. The van der Waals surface area contributed by atoms with Gasteiger partial charge in [-0.2, -0.15) is 0 Å². The Labute approximate surface area is 107 Å². The smallest absolute Gasteiger partial charge is 0.0182 e. The van der Waals surface area contributed by atoms with Gasteiger partial charge in [0.05, 0.1) is 0 Å². The summed E-state index contributed by atoms with van der Waals surface area (Å²) in [5.74, 6) is 0. The first-order valence-electron chi connectivity index (χ1n) is 5.53. The molecule has 0 aliphatic rings. The molecular formula is C17H26. The van der Waals surface area contributed by atoms with E-state index in [0.717, 1.165) is 0 Å². The Balaban J connectivity index is 0. The van der Waals surface area contributed by atoms with Crippen molar-refractivity contribution < 1.29 is 0 Å². The lowest BCUT2D eigenvalue weighted by Crippen LogP contribution is -1.84. The van der Waals surface area contributed by atoms with Crippen LogP contribution < -0.4 is 0 Å². The molecule has 0 spiro atoms. The normalized spacial score (nSPS) is 9.53. The van der Waals surface area contributed by atoms with E-state index in [1.807, 2.05) is 19.9 Å². The van der Waals surface area contributed by atoms with E-state index in [4.69, 9.17) is 0 Å². The summed E-state index contributed by atoms with van der Waals surface area (Å²) in [4.78, 5) is 0. The van der Waals surface area contributed by atoms with E-state index >= 15 is 0 Å². The van der Waals surface area contributed by atoms with Crippen LogP contribution >= 0.6 is 0 Å². The van der Waals surface area contributed by atoms with Gasteiger partial charge < -0.3 is 0 Å². The average molecular weight is 230 g/mol. The Hall–Kier alpha value is -1.56. The molecule has 0 saturated carbocycles. The fourth-order valence-corrected chi connectivity index (χ4v) is 1.54. The third kappa shape index (κ3) is 6.57. The summed E-state index contributed by atoms with van der Waals surface area (Å²) in [5, 5.41) is 0. The zero-order chi connectivity index (χ0) is 12.6. The molecule has 0 saturated heterocycles. The van der Waals surface area contributed by atoms with Gasteiger partial charge in [-0.25, -0.2) is 0 Å². The highest BCUT2D eigenvalue weighted by Crippen LogP contribution is 2.18. The van der Waals surface area contributed by atoms with Gasteiger partial charge >= 0.3 is 0 Å². The molecular weight excluding hydrogens is 204 g/mol. The number of allylic oxidation sites excluding steroid dienone is 4. The number of aryl methyl sites for hydroxylation is 2. The van der Waals surface area contributed by atoms with Crippen LogP contribution in [0, 0.1) is 13.8 Å². The lowest BCUT2D eigenvalue weighted by atomic mass is 10.0. The standard InChI is InChI=1S/C13H16.C3H6.CH4/c1-5-12(6-2)13-8-10(3)7-11(4)9-13;1-3-2;/h5-9H,1H2,2-4H3;3H,1H2,2H3;1H4/b12-6+;;. The summed E-state index contributed by atoms with van der Waals surface area (Å²) in [7, 11) is 0. The van der Waals surface area contributed by atoms with Crippen LogP contribution in [0.2, 0.25) is 0 Å². The summed E-state index contributed by atoms with van der Waals surface area (Å²) in [6.07, 6.45) is 5.73. The van der Waals surface area contributed by atoms with Gasteiger partial charge in [0.15, 0.2) is 0 Å². The highest BCUT2D eigenvalue weighted by molar-refractivity contribution is 5.73. The van der Waals surface area contributed by atoms with Crippen molar-refractivity contribution in [1.82, 2.24) is 0 Å². The maximum atomic E-state index is 3.80. The zero-order valence-electron chi connectivity index (χ0n) is 10.9. The second-order valence-corrected chi connectivity index (χ2v) is 3.73. The lowest BCUT2D eigenvalue weighted by Gasteiger charge is -2.04. The number of hydrogen-bond acceptors (Lipinski definition) is 0. The molecule has 0 aliphatic heterocycles. The van der Waals surface area contributed by atoms with E-state index in [9.17, 15) is 0 Å². The van der Waals surface area contributed by atoms with Gasteiger partial charge in [-0.15, -0.1) is 6.58 Å². The maximum absolute atomic E-state index is 3.80. The predicted molar refractivity (Wildman–Crippen MR) is 82.4 cm³/mol. The first-order valence-corrected chi connectivity index (χ1v) is 5.53. The van der Waals surface area contributed by atoms with Crippen molar-refractivity contribution in [1.29, 1.82) is 0 Å². The number of benzene rings is 1. The highest BCUT2D eigenvalue weighted by Gasteiger charge is 1.97. The molecule has 0 aromatic heterocycles. The van der Waals surface area contributed by atoms with Gasteiger partial charge in [0.2, 0.25) is 0 Å². The predicted octanol–water partition coefficient (Wildman–Crippen LogP) is 5.72. The van der Waals surface area contributed by atoms with Crippen molar-refractivity contribution in [3.8, 4) is 0 Å². The van der Waals surface area contributed by atoms with E-state index in [2.05, 4.69) is 51.3 Å². The molecule has 0 unspecified atom stereocenters. The Kier molecular flexibility index (Phi) is 10.1. The molecule has 0 fully saturated rings. The van der Waals surface area contributed by atoms with Gasteiger partial charge in [-0.05, 0) is 38.8 Å². The van der Waals surface area contributed by atoms with Gasteiger partial charge in [0.1, 0.15) is 0 Å². The molecule has 1 aromatic rings. The maximum Gasteiger partial charge on any atom is -0.0182 e. The van der Waals surface area contributed by atoms with Gasteiger partial charge in [0.25, 0.3) is 0 Å². The van der Waals surface area contributed by atoms with Gasteiger partial charge in [0, 0.05) is 0 Å². The molecule has 0 radical (unpaired) electrons. The van der Waals surface area contributed by atoms with E-state index in [-0.39, 0.29) is 7.43 Å². The quantitative estimate of drug-likeness (QED) is 0.450. The van der Waals surface area contributed by atoms with Crippen LogP contribution in [0.25, 0.3) is 5.57 Å². The van der Waals surface area contributed by atoms with Gasteiger partial charge in [-0.3, -0.25) is 0 Å². The zero-order valence-corrected chi connectivity index (χ0v) is 10.9. The second kappa shape index (κ2) is 9.65. The van der Waals surface area contributed by atoms with Crippen LogP contribution in [0.5, 0.6) is 0 Å². The molecule has 1 aromatic carbocycles. The average Bonchev–Trinajstić information content (AvgIpc) is 2.19. The minimum atomic E-state index is 0. The van der Waals surface area contributed by atoms with Crippen molar-refractivity contribution >= 4 is 5.57 Å². The molecule has 0 N–H and O–H groups in total. The first kappa shape index (κ1) is 17.8. The van der Waals surface area contributed by atoms with E-state index in [1.165, 1.54) is 22.3 Å². The SMILES string of the molecule is C.C=C/C(=C\C)c1cc(C)cc(C)c1.C=CC. The van der Waals surface area contributed by atoms with E-state index < -0.39 is 0 Å². The molecule has 0 atom stereocenters. The van der Waals surface area contributed by atoms with Crippen LogP contribution in [0.4, 0.5) is 0 Å². The topological polar surface area (TPSA) is 0 Å². The molecule has 0 aliphatic carbocycles. The third-order valence-electron chi connectivity index (χ3n) is 2.09. The summed E-state index contributed by atoms with van der Waals surface area (Å²) in [5.41, 5.74) is 5.06. The second-order valence-electron chi connectivity index (χ2n) is 3.73. The lowest BCUT2D eigenvalue weighted by molar-refractivity contribution is 1.37. The van der Waals surface area contributed by atoms with Crippen LogP contribution in [0.1, 0.15) is 38.0 Å². The summed E-state index contributed by atoms with van der Waals surface area (Å²) in [6, 6.07) is 6.55. The molecule has 17 heavy (non-hydrogen) atoms. The first-order chi connectivity index (χ1) is 7.58. The van der Waals surface area contributed by atoms with Crippen molar-refractivity contribution in [2.45, 2.75) is 35.1 Å². The summed E-state index contributed by atoms with van der Waals surface area (Å²) in [6.45, 7) is 15.3. The van der Waals surface area contributed by atoms with E-state index in [0.29, 0.717) is 0 Å². The molecule has 0 heteroatoms. The Morgan fingerprint density at radius 1 is 1.00 bits per heavy atom. The minimum absolute atomic E-state index is 0. The third-order valence-corrected chi connectivity index (χ3v) is 2.09. The molecule has 0 amide bonds. The molecule has 0 bridgehead atoms. The monoisotopic (exact) mass is 230 g/mol. The van der Waals surface area contributed by atoms with Crippen LogP contribution in [0.3, 0.4) is 0 Å². The van der Waals surface area contributed by atoms with Crippen molar-refractivity contribution in [3.05, 3.63) is 66.3 Å². The van der Waals surface area contributed by atoms with Crippen molar-refractivity contribution in [3.63, 3.8) is 0 Å². The molecule has 1 rings (SSSR count). The van der Waals surface area contributed by atoms with Gasteiger partial charge in [-0.1, -0.05) is 61.6 Å². The van der Waals surface area contributed by atoms with Crippen molar-refractivity contribution in [2.75, 3.05) is 0 Å². The molecule has 0 heterocycles. The fourth-order valence-electron chi connectivity index (χ4n) is 1.54. The van der Waals surface area contributed by atoms with Crippen LogP contribution in [-0.4, -0.2) is 0 Å². The largest absolute Gasteiger partial charge is 0.103 e. The Bertz CT molecular complexity index is 361. The highest BCUT2D eigenvalue weighted by atomic mass is 14.0. The summed E-state index contributed by atoms with van der Waals surface area (Å²) < 4.78 is 0. The number of rotatable bonds is 2. The Morgan fingerprint density at radius 2 is 1.41 bits per heavy atom. The number of hydrogen-bond donors (Lipinski definition) is 0. The molecule has 0 nitrogen and oxygen atoms in total. The van der Waals surface area contributed by atoms with E-state index in [1.54, 1.807) is 6.08 Å². The van der Waals surface area contributed by atoms with Crippen molar-refractivity contribution in [2.24, 2.45) is 0 Å².